The van der Waals surface area contributed by atoms with Gasteiger partial charge in [-0.25, -0.2) is 0 Å². The first-order valence-corrected chi connectivity index (χ1v) is 9.74. The van der Waals surface area contributed by atoms with Crippen molar-refractivity contribution in [2.45, 2.75) is 50.4 Å². The van der Waals surface area contributed by atoms with E-state index < -0.39 is 24.3 Å². The second kappa shape index (κ2) is 11.6. The molecule has 1 fully saturated rings. The molecule has 1 saturated carbocycles. The van der Waals surface area contributed by atoms with E-state index in [2.05, 4.69) is 0 Å². The van der Waals surface area contributed by atoms with Crippen LogP contribution in [-0.2, 0) is 4.79 Å². The van der Waals surface area contributed by atoms with Crippen molar-refractivity contribution >= 4 is 5.97 Å². The van der Waals surface area contributed by atoms with Crippen LogP contribution in [0.2, 0.25) is 0 Å². The molecule has 0 radical (unpaired) electrons. The van der Waals surface area contributed by atoms with E-state index >= 15 is 0 Å². The van der Waals surface area contributed by atoms with E-state index in [4.69, 9.17) is 9.84 Å². The van der Waals surface area contributed by atoms with E-state index in [1.165, 1.54) is 0 Å². The van der Waals surface area contributed by atoms with Crippen LogP contribution in [0, 0.1) is 11.8 Å². The quantitative estimate of drug-likeness (QED) is 0.342. The number of para-hydroxylation sites is 1. The first-order chi connectivity index (χ1) is 13.5. The molecule has 5 atom stereocenters. The molecule has 6 nitrogen and oxygen atoms in total. The fourth-order valence-corrected chi connectivity index (χ4v) is 3.46. The monoisotopic (exact) mass is 390 g/mol. The van der Waals surface area contributed by atoms with Crippen molar-refractivity contribution in [3.05, 3.63) is 54.6 Å². The van der Waals surface area contributed by atoms with Crippen molar-refractivity contribution in [2.24, 2.45) is 11.8 Å². The molecule has 6 heteroatoms. The van der Waals surface area contributed by atoms with Gasteiger partial charge in [0.15, 0.2) is 0 Å². The molecule has 1 aliphatic rings. The van der Waals surface area contributed by atoms with Crippen LogP contribution in [0.15, 0.2) is 54.6 Å². The minimum Gasteiger partial charge on any atom is -0.491 e. The molecule has 28 heavy (non-hydrogen) atoms. The molecular weight excluding hydrogens is 360 g/mol. The van der Waals surface area contributed by atoms with E-state index in [0.29, 0.717) is 31.4 Å². The maximum Gasteiger partial charge on any atom is 0.303 e. The number of carbonyl (C=O) groups is 1. The molecule has 154 valence electrons. The number of benzene rings is 1. The number of aliphatic hydroxyl groups excluding tert-OH is 3. The van der Waals surface area contributed by atoms with Gasteiger partial charge in [-0.1, -0.05) is 42.5 Å². The third-order valence-electron chi connectivity index (χ3n) is 4.97. The average Bonchev–Trinajstić information content (AvgIpc) is 2.94. The summed E-state index contributed by atoms with van der Waals surface area (Å²) in [4.78, 5) is 10.5. The van der Waals surface area contributed by atoms with E-state index in [1.54, 1.807) is 12.2 Å². The molecule has 4 N–H and O–H groups in total. The molecule has 0 saturated heterocycles. The Morgan fingerprint density at radius 2 is 1.93 bits per heavy atom. The second-order valence-electron chi connectivity index (χ2n) is 7.18. The topological polar surface area (TPSA) is 107 Å². The number of ether oxygens (including phenoxy) is 1. The van der Waals surface area contributed by atoms with Gasteiger partial charge in [-0.05, 0) is 37.3 Å². The largest absolute Gasteiger partial charge is 0.491 e. The highest BCUT2D eigenvalue weighted by atomic mass is 16.5. The number of carboxylic acids is 1. The third-order valence-corrected chi connectivity index (χ3v) is 4.97. The standard InChI is InChI=1S/C22H30O6/c23-16(15-28-17-8-4-3-5-9-17)12-13-19-18(20(24)14-21(19)25)10-6-1-2-7-11-22(26)27/h1,3-6,8-9,12-13,16,18-21,23-25H,2,7,10-11,14-15H2,(H,26,27)/b6-1-,13-12+/t16?,18-,19-,20+,21-/m1/s1. The van der Waals surface area contributed by atoms with E-state index in [0.717, 1.165) is 0 Å². The zero-order valence-corrected chi connectivity index (χ0v) is 15.9. The predicted octanol–water partition coefficient (Wildman–Crippen LogP) is 2.54. The van der Waals surface area contributed by atoms with Gasteiger partial charge in [0.1, 0.15) is 18.5 Å². The lowest BCUT2D eigenvalue weighted by molar-refractivity contribution is -0.137. The summed E-state index contributed by atoms with van der Waals surface area (Å²) in [7, 11) is 0. The van der Waals surface area contributed by atoms with Crippen molar-refractivity contribution in [3.63, 3.8) is 0 Å². The van der Waals surface area contributed by atoms with Crippen LogP contribution in [-0.4, -0.2) is 51.3 Å². The van der Waals surface area contributed by atoms with Gasteiger partial charge in [-0.3, -0.25) is 4.79 Å². The summed E-state index contributed by atoms with van der Waals surface area (Å²) < 4.78 is 5.51. The SMILES string of the molecule is O=C(O)CCC/C=C\C[C@@H]1[C@@H](/C=C/C(O)COc2ccccc2)[C@H](O)C[C@@H]1O. The third kappa shape index (κ3) is 7.46. The van der Waals surface area contributed by atoms with Gasteiger partial charge in [0.2, 0.25) is 0 Å². The highest BCUT2D eigenvalue weighted by molar-refractivity contribution is 5.66. The number of carboxylic acid groups (broad SMARTS) is 1. The first-order valence-electron chi connectivity index (χ1n) is 9.74. The number of aliphatic hydroxyl groups is 3. The molecule has 0 spiro atoms. The van der Waals surface area contributed by atoms with Crippen LogP contribution in [0.3, 0.4) is 0 Å². The molecule has 1 aliphatic carbocycles. The first kappa shape index (κ1) is 22.1. The van der Waals surface area contributed by atoms with Gasteiger partial charge in [0.25, 0.3) is 0 Å². The Bertz CT molecular complexity index is 642. The van der Waals surface area contributed by atoms with Gasteiger partial charge in [-0.15, -0.1) is 0 Å². The molecule has 0 aromatic heterocycles. The van der Waals surface area contributed by atoms with Crippen LogP contribution in [0.1, 0.15) is 32.1 Å². The Hall–Kier alpha value is -2.15. The molecular formula is C22H30O6. The average molecular weight is 390 g/mol. The van der Waals surface area contributed by atoms with Crippen molar-refractivity contribution in [2.75, 3.05) is 6.61 Å². The van der Waals surface area contributed by atoms with Crippen LogP contribution in [0.4, 0.5) is 0 Å². The molecule has 1 aromatic rings. The minimum absolute atomic E-state index is 0.111. The predicted molar refractivity (Wildman–Crippen MR) is 106 cm³/mol. The maximum atomic E-state index is 10.5. The minimum atomic E-state index is -0.808. The Morgan fingerprint density at radius 3 is 2.64 bits per heavy atom. The van der Waals surface area contributed by atoms with Crippen LogP contribution >= 0.6 is 0 Å². The molecule has 0 aliphatic heterocycles. The molecule has 1 aromatic carbocycles. The number of aliphatic carboxylic acids is 1. The Labute approximate surface area is 165 Å². The van der Waals surface area contributed by atoms with Gasteiger partial charge >= 0.3 is 5.97 Å². The molecule has 1 unspecified atom stereocenters. The van der Waals surface area contributed by atoms with Crippen molar-refractivity contribution < 1.29 is 30.0 Å². The fourth-order valence-electron chi connectivity index (χ4n) is 3.46. The Morgan fingerprint density at radius 1 is 1.18 bits per heavy atom. The smallest absolute Gasteiger partial charge is 0.303 e. The van der Waals surface area contributed by atoms with Crippen molar-refractivity contribution in [1.29, 1.82) is 0 Å². The summed E-state index contributed by atoms with van der Waals surface area (Å²) in [6.07, 6.45) is 7.46. The number of allylic oxidation sites excluding steroid dienone is 2. The maximum absolute atomic E-state index is 10.5. The molecule has 2 rings (SSSR count). The highest BCUT2D eigenvalue weighted by Gasteiger charge is 2.39. The summed E-state index contributed by atoms with van der Waals surface area (Å²) in [6.45, 7) is 0.111. The number of hydrogen-bond donors (Lipinski definition) is 4. The van der Waals surface area contributed by atoms with Gasteiger partial charge in [0.05, 0.1) is 12.2 Å². The lowest BCUT2D eigenvalue weighted by atomic mass is 9.89. The van der Waals surface area contributed by atoms with Crippen molar-refractivity contribution in [1.82, 2.24) is 0 Å². The Balaban J connectivity index is 1.82. The second-order valence-corrected chi connectivity index (χ2v) is 7.18. The number of hydrogen-bond acceptors (Lipinski definition) is 5. The summed E-state index contributed by atoms with van der Waals surface area (Å²) in [5.41, 5.74) is 0. The lowest BCUT2D eigenvalue weighted by Crippen LogP contribution is -2.21. The van der Waals surface area contributed by atoms with E-state index in [1.807, 2.05) is 42.5 Å². The van der Waals surface area contributed by atoms with Gasteiger partial charge in [0, 0.05) is 18.8 Å². The van der Waals surface area contributed by atoms with Crippen LogP contribution in [0.25, 0.3) is 0 Å². The zero-order valence-electron chi connectivity index (χ0n) is 15.9. The van der Waals surface area contributed by atoms with Gasteiger partial charge in [-0.2, -0.15) is 0 Å². The molecule has 0 bridgehead atoms. The number of unbranched alkanes of at least 4 members (excludes halogenated alkanes) is 1. The summed E-state index contributed by atoms with van der Waals surface area (Å²) >= 11 is 0. The fraction of sp³-hybridized carbons (Fsp3) is 0.500. The Kier molecular flexibility index (Phi) is 9.20. The van der Waals surface area contributed by atoms with Gasteiger partial charge < -0.3 is 25.2 Å². The van der Waals surface area contributed by atoms with Crippen LogP contribution in [0.5, 0.6) is 5.75 Å². The van der Waals surface area contributed by atoms with Crippen molar-refractivity contribution in [3.8, 4) is 5.75 Å². The molecule has 0 heterocycles. The summed E-state index contributed by atoms with van der Waals surface area (Å²) in [5, 5.41) is 39.2. The lowest BCUT2D eigenvalue weighted by Gasteiger charge is -2.19. The van der Waals surface area contributed by atoms with Crippen LogP contribution < -0.4 is 4.74 Å². The zero-order chi connectivity index (χ0) is 20.4. The number of rotatable bonds is 11. The summed E-state index contributed by atoms with van der Waals surface area (Å²) in [6, 6.07) is 9.22. The highest BCUT2D eigenvalue weighted by Crippen LogP contribution is 2.36. The summed E-state index contributed by atoms with van der Waals surface area (Å²) in [5.74, 6) is -0.505. The molecule has 0 amide bonds. The van der Waals surface area contributed by atoms with E-state index in [-0.39, 0.29) is 24.9 Å². The normalized spacial score (nSPS) is 26.1. The van der Waals surface area contributed by atoms with E-state index in [9.17, 15) is 20.1 Å².